The number of allylic oxidation sites excluding steroid dienone is 5. The smallest absolute Gasteiger partial charge is 0.657 e. The van der Waals surface area contributed by atoms with E-state index in [-0.39, 0.29) is 35.4 Å². The van der Waals surface area contributed by atoms with Crippen LogP contribution in [0.3, 0.4) is 0 Å². The van der Waals surface area contributed by atoms with Gasteiger partial charge in [-0.25, -0.2) is 15.0 Å². The molecule has 4 aromatic heterocycles. The van der Waals surface area contributed by atoms with Gasteiger partial charge in [0.15, 0.2) is 0 Å². The number of carbonyl (C=O) groups excluding carboxylic acids is 2. The summed E-state index contributed by atoms with van der Waals surface area (Å²) in [6.07, 6.45) is 11.4. The average Bonchev–Trinajstić information content (AvgIpc) is 3.92. The van der Waals surface area contributed by atoms with Gasteiger partial charge >= 0.3 is 23.0 Å². The zero-order chi connectivity index (χ0) is 36.2. The summed E-state index contributed by atoms with van der Waals surface area (Å²) in [4.78, 5) is 49.6. The Kier molecular flexibility index (Phi) is 12.0. The second kappa shape index (κ2) is 16.4. The summed E-state index contributed by atoms with van der Waals surface area (Å²) in [6.45, 7) is 17.7. The van der Waals surface area contributed by atoms with Crippen LogP contribution in [0.25, 0.3) is 50.4 Å². The molecule has 0 saturated heterocycles. The van der Waals surface area contributed by atoms with Gasteiger partial charge in [-0.2, -0.15) is 0 Å². The van der Waals surface area contributed by atoms with E-state index in [4.69, 9.17) is 24.7 Å². The van der Waals surface area contributed by atoms with Gasteiger partial charge in [0.05, 0.1) is 36.2 Å². The number of ether oxygens (including phenoxy) is 1. The fourth-order valence-electron chi connectivity index (χ4n) is 6.71. The van der Waals surface area contributed by atoms with E-state index in [1.54, 1.807) is 12.5 Å². The van der Waals surface area contributed by atoms with E-state index in [1.807, 2.05) is 74.9 Å². The Bertz CT molecular complexity index is 2270. The molecule has 6 rings (SSSR count). The second-order valence-electron chi connectivity index (χ2n) is 12.9. The number of nitrogens with one attached hydrogen (secondary N) is 1. The van der Waals surface area contributed by atoms with Crippen LogP contribution in [0, 0.1) is 13.8 Å². The van der Waals surface area contributed by atoms with E-state index < -0.39 is 0 Å². The van der Waals surface area contributed by atoms with Crippen molar-refractivity contribution < 1.29 is 31.4 Å². The summed E-state index contributed by atoms with van der Waals surface area (Å²) in [7, 11) is 1.40. The van der Waals surface area contributed by atoms with E-state index in [1.165, 1.54) is 7.11 Å². The van der Waals surface area contributed by atoms with Gasteiger partial charge in [-0.05, 0) is 69.2 Å². The van der Waals surface area contributed by atoms with Crippen molar-refractivity contribution in [2.75, 3.05) is 13.7 Å². The number of methoxy groups -OCH3 is 1. The van der Waals surface area contributed by atoms with Crippen LogP contribution in [-0.2, 0) is 44.4 Å². The number of hydrogen-bond donors (Lipinski definition) is 1. The van der Waals surface area contributed by atoms with Gasteiger partial charge in [0, 0.05) is 43.9 Å². The molecule has 0 spiro atoms. The second-order valence-corrected chi connectivity index (χ2v) is 12.9. The summed E-state index contributed by atoms with van der Waals surface area (Å²) in [5.74, 6) is -0.312. The molecular weight excluding hydrogens is 694 g/mol. The Hall–Kier alpha value is -5.25. The molecule has 0 fully saturated rings. The molecule has 10 nitrogen and oxygen atoms in total. The molecule has 0 atom stereocenters. The number of hydrogen-bond acceptors (Lipinski definition) is 6. The number of esters is 1. The molecule has 268 valence electrons. The number of fused-ring (bicyclic) bond motifs is 8. The molecule has 0 aromatic carbocycles. The number of aromatic nitrogens is 6. The minimum atomic E-state index is -0.291. The molecule has 4 aromatic rings. The molecule has 2 aliphatic rings. The third kappa shape index (κ3) is 7.81. The van der Waals surface area contributed by atoms with Gasteiger partial charge in [-0.3, -0.25) is 9.59 Å². The molecular formula is C41H43FeN7O3. The number of rotatable bonds is 12. The van der Waals surface area contributed by atoms with Crippen LogP contribution in [0.5, 0.6) is 0 Å². The molecule has 0 aliphatic carbocycles. The first-order chi connectivity index (χ1) is 24.6. The molecule has 0 radical (unpaired) electrons. The summed E-state index contributed by atoms with van der Waals surface area (Å²) in [5.41, 5.74) is 13.8. The van der Waals surface area contributed by atoms with Crippen LogP contribution < -0.4 is 15.3 Å². The zero-order valence-corrected chi connectivity index (χ0v) is 31.4. The third-order valence-corrected chi connectivity index (χ3v) is 9.77. The number of imidazole rings is 1. The van der Waals surface area contributed by atoms with Gasteiger partial charge in [-0.1, -0.05) is 66.3 Å². The third-order valence-electron chi connectivity index (χ3n) is 9.77. The molecule has 8 bridgehead atoms. The van der Waals surface area contributed by atoms with Gasteiger partial charge in [0.2, 0.25) is 5.91 Å². The van der Waals surface area contributed by atoms with Crippen molar-refractivity contribution in [2.24, 2.45) is 0 Å². The van der Waals surface area contributed by atoms with Gasteiger partial charge in [0.25, 0.3) is 0 Å². The molecule has 52 heavy (non-hydrogen) atoms. The van der Waals surface area contributed by atoms with Crippen molar-refractivity contribution in [1.29, 1.82) is 0 Å². The topological polar surface area (TPSA) is 127 Å². The minimum Gasteiger partial charge on any atom is -0.657 e. The Labute approximate surface area is 314 Å². The fraction of sp³-hybridized carbons (Fsp3) is 0.293. The quantitative estimate of drug-likeness (QED) is 0.0922. The maximum absolute atomic E-state index is 13.0. The van der Waals surface area contributed by atoms with Crippen molar-refractivity contribution >= 4 is 62.3 Å². The van der Waals surface area contributed by atoms with E-state index >= 15 is 0 Å². The van der Waals surface area contributed by atoms with E-state index in [2.05, 4.69) is 23.5 Å². The number of amides is 1. The Morgan fingerprint density at radius 3 is 2.23 bits per heavy atom. The Morgan fingerprint density at radius 2 is 1.52 bits per heavy atom. The normalized spacial score (nSPS) is 12.5. The van der Waals surface area contributed by atoms with Crippen molar-refractivity contribution in [3.8, 4) is 0 Å². The summed E-state index contributed by atoms with van der Waals surface area (Å²) < 4.78 is 6.97. The van der Waals surface area contributed by atoms with E-state index in [0.29, 0.717) is 25.8 Å². The average molecular weight is 738 g/mol. The molecule has 6 heterocycles. The van der Waals surface area contributed by atoms with Crippen molar-refractivity contribution in [1.82, 2.24) is 34.8 Å². The fourth-order valence-corrected chi connectivity index (χ4v) is 6.71. The standard InChI is InChI=1S/C41H44N7O3.Fe/c1-8-28-24(3)32-19-33-27(6)31(12-14-41(50)51-7)39(46-33)22-38-30(11-13-40(49)43-15-10-17-48-18-16-42-23-48)26(5)35(47-38)21-37-29(9-2)25(4)34(45-37)20-36(28)44-32;/h8-9,16,18-23H,1-2,10-15,17H2,3-7H3,(H2-,43,44,45,46,47,49);/q-1;+2/p-1. The SMILES string of the molecule is C=CC1=C(C)c2cc3[n-]c(cc4nc(cc5[n-]c(cc1n2)c(C)c5CCC(=O)NCCCn1ccnc1)C(CCC(=O)OC)=C4C)c(C)c3C=C.[Fe+2]. The summed E-state index contributed by atoms with van der Waals surface area (Å²) in [5, 5.41) is 3.06. The summed E-state index contributed by atoms with van der Waals surface area (Å²) in [6, 6.07) is 7.96. The molecule has 1 N–H and O–H groups in total. The van der Waals surface area contributed by atoms with Crippen molar-refractivity contribution in [3.63, 3.8) is 0 Å². The van der Waals surface area contributed by atoms with Gasteiger partial charge in [0.1, 0.15) is 0 Å². The minimum absolute atomic E-state index is 0. The van der Waals surface area contributed by atoms with Crippen LogP contribution in [0.2, 0.25) is 0 Å². The van der Waals surface area contributed by atoms with Crippen molar-refractivity contribution in [3.05, 3.63) is 107 Å². The Morgan fingerprint density at radius 1 is 0.846 bits per heavy atom. The van der Waals surface area contributed by atoms with E-state index in [9.17, 15) is 9.59 Å². The monoisotopic (exact) mass is 737 g/mol. The number of aryl methyl sites for hydroxylation is 4. The Balaban J connectivity index is 0.00000523. The molecule has 1 amide bonds. The maximum atomic E-state index is 13.0. The molecule has 0 unspecified atom stereocenters. The first-order valence-electron chi connectivity index (χ1n) is 17.2. The van der Waals surface area contributed by atoms with Gasteiger partial charge < -0.3 is 24.6 Å². The van der Waals surface area contributed by atoms with Crippen LogP contribution in [-0.4, -0.2) is 45.1 Å². The zero-order valence-electron chi connectivity index (χ0n) is 30.3. The first-order valence-corrected chi connectivity index (χ1v) is 17.2. The largest absolute Gasteiger partial charge is 2.00 e. The number of nitrogens with zero attached hydrogens (tertiary/aromatic N) is 6. The van der Waals surface area contributed by atoms with E-state index in [0.717, 1.165) is 102 Å². The molecule has 2 aliphatic heterocycles. The van der Waals surface area contributed by atoms with Crippen LogP contribution in [0.15, 0.2) is 62.2 Å². The van der Waals surface area contributed by atoms with Crippen LogP contribution in [0.4, 0.5) is 0 Å². The molecule has 11 heteroatoms. The molecule has 0 saturated carbocycles. The first kappa shape index (κ1) is 38.0. The van der Waals surface area contributed by atoms with Gasteiger partial charge in [-0.15, -0.1) is 22.1 Å². The van der Waals surface area contributed by atoms with Crippen LogP contribution in [0.1, 0.15) is 84.6 Å². The summed E-state index contributed by atoms with van der Waals surface area (Å²) >= 11 is 0. The van der Waals surface area contributed by atoms with Crippen LogP contribution >= 0.6 is 0 Å². The maximum Gasteiger partial charge on any atom is 2.00 e. The predicted molar refractivity (Wildman–Crippen MR) is 203 cm³/mol. The predicted octanol–water partition coefficient (Wildman–Crippen LogP) is 7.17. The number of carbonyl (C=O) groups is 2. The van der Waals surface area contributed by atoms with Crippen molar-refractivity contribution in [2.45, 2.75) is 66.3 Å².